The van der Waals surface area contributed by atoms with Crippen LogP contribution >= 0.6 is 0 Å². The van der Waals surface area contributed by atoms with Gasteiger partial charge in [-0.05, 0) is 0 Å². The van der Waals surface area contributed by atoms with Crippen molar-refractivity contribution in [2.75, 3.05) is 41.2 Å². The summed E-state index contributed by atoms with van der Waals surface area (Å²) in [6, 6.07) is 0. The molecule has 80 heteroatoms. The Bertz CT molecular complexity index is 4130. The van der Waals surface area contributed by atoms with Crippen LogP contribution in [0.25, 0.3) is 0 Å². The van der Waals surface area contributed by atoms with Crippen LogP contribution in [0.4, 0.5) is 0 Å². The van der Waals surface area contributed by atoms with Crippen molar-refractivity contribution >= 4 is 116 Å². The van der Waals surface area contributed by atoms with Crippen LogP contribution in [0.15, 0.2) is 0 Å². The summed E-state index contributed by atoms with van der Waals surface area (Å²) in [4.78, 5) is 26.0. The van der Waals surface area contributed by atoms with Gasteiger partial charge in [-0.25, -0.2) is 84.2 Å². The minimum absolute atomic E-state index is 0. The molecule has 0 amide bonds. The van der Waals surface area contributed by atoms with Crippen molar-refractivity contribution in [3.05, 3.63) is 0 Å². The van der Waals surface area contributed by atoms with Gasteiger partial charge in [0.05, 0.1) is 31.8 Å². The smallest absolute Gasteiger partial charge is 0.726 e. The largest absolute Gasteiger partial charge is 1.00 e. The molecular weight excluding hydrogens is 1920 g/mol. The van der Waals surface area contributed by atoms with Crippen molar-refractivity contribution < 1.29 is 613 Å². The van der Waals surface area contributed by atoms with Gasteiger partial charge in [-0.15, -0.1) is 0 Å². The Morgan fingerprint density at radius 3 is 0.796 bits per heavy atom. The van der Waals surface area contributed by atoms with Crippen molar-refractivity contribution in [1.82, 2.24) is 0 Å². The summed E-state index contributed by atoms with van der Waals surface area (Å²) in [5.74, 6) is -5.69. The molecule has 0 saturated carbocycles. The number of carbonyl (C=O) groups excluding carboxylic acids is 2. The third kappa shape index (κ3) is 46.5. The molecule has 58 nitrogen and oxygen atoms in total. The van der Waals surface area contributed by atoms with E-state index < -0.39 is 289 Å². The average Bonchev–Trinajstić information content (AvgIpc) is 0.755. The van der Waals surface area contributed by atoms with E-state index >= 15 is 0 Å². The first-order valence-corrected chi connectivity index (χ1v) is 38.5. The SMILES string of the molecule is CO[C@H]1O[C@H](COS(=O)(=O)[O-])[C@@H](O[C@@H]2O[C@@H](C(=O)[O-])[C@@H](O[C@H]3O[C@H](COS(=O)(=O)[O-])[C@@H](O[C@@H]4O[C@H](C(=O)[O-])[C@@H](O[C@H]5O[C@H](COS(=O)(=O)[O-])[C@@H](O)[C@H](OS(=O)(=O)[O-])[C@H]5OS(=O)(=O)[O-])[C@H](OC)[C@H]4O)[C@H](OS(=O)(=O)[O-])[C@H]3OS(=O)(=O)[O-])[C@H](OC)[C@H]2OS(=O)(=O)[O-])[C@H](OS(=O)(=O)[O-])[C@H]1OS(=O)(=O)[O-].[Na+].[Na+].[Na+].[Na+].[Na+].[Na+].[Na+].[Na+].[Na+].[Na+].[Na+].[Na+]. The van der Waals surface area contributed by atoms with Crippen molar-refractivity contribution in [2.24, 2.45) is 0 Å². The topological polar surface area (TPSA) is 896 Å². The fourth-order valence-electron chi connectivity index (χ4n) is 9.63. The third-order valence-electron chi connectivity index (χ3n) is 13.0. The number of carboxylic acids is 2. The number of aliphatic hydroxyl groups is 2. The molecule has 0 aliphatic carbocycles. The number of aliphatic carboxylic acids is 2. The molecule has 113 heavy (non-hydrogen) atoms. The van der Waals surface area contributed by atoms with Crippen LogP contribution in [0.2, 0.25) is 0 Å². The van der Waals surface area contributed by atoms with Crippen molar-refractivity contribution in [2.45, 2.75) is 154 Å². The van der Waals surface area contributed by atoms with Gasteiger partial charge in [0.15, 0.2) is 55.9 Å². The Kier molecular flexibility index (Phi) is 69.3. The Morgan fingerprint density at radius 2 is 0.496 bits per heavy atom. The Balaban J connectivity index is -0.00000153. The van der Waals surface area contributed by atoms with E-state index in [1.54, 1.807) is 0 Å². The second-order valence-corrected chi connectivity index (χ2v) is 29.7. The van der Waals surface area contributed by atoms with E-state index in [4.69, 9.17) is 56.8 Å². The molecule has 0 radical (unpaired) electrons. The number of carboxylic acid groups (broad SMARTS) is 2. The molecule has 0 spiro atoms. The average molecular weight is 1960 g/mol. The summed E-state index contributed by atoms with van der Waals surface area (Å²) in [7, 11) is -62.8. The molecule has 5 saturated heterocycles. The van der Waals surface area contributed by atoms with E-state index in [9.17, 15) is 160 Å². The predicted molar refractivity (Wildman–Crippen MR) is 262 cm³/mol. The Labute approximate surface area is 907 Å². The zero-order valence-corrected chi connectivity index (χ0v) is 92.6. The van der Waals surface area contributed by atoms with E-state index in [2.05, 4.69) is 41.8 Å². The molecule has 0 unspecified atom stereocenters. The molecule has 0 aromatic carbocycles. The molecule has 5 fully saturated rings. The molecule has 0 bridgehead atoms. The van der Waals surface area contributed by atoms with Gasteiger partial charge in [-0.1, -0.05) is 0 Å². The minimum atomic E-state index is -6.81. The predicted octanol–water partition coefficient (Wildman–Crippen LogP) is -53.6. The van der Waals surface area contributed by atoms with Gasteiger partial charge in [0.2, 0.25) is 104 Å². The zero-order valence-electron chi connectivity index (χ0n) is 60.4. The van der Waals surface area contributed by atoms with Crippen molar-refractivity contribution in [3.8, 4) is 0 Å². The van der Waals surface area contributed by atoms with E-state index in [-0.39, 0.29) is 362 Å². The van der Waals surface area contributed by atoms with E-state index in [1.165, 1.54) is 0 Å². The molecule has 5 aliphatic rings. The van der Waals surface area contributed by atoms with Crippen LogP contribution in [-0.2, 0) is 212 Å². The van der Waals surface area contributed by atoms with Gasteiger partial charge in [-0.3, -0.25) is 41.8 Å². The normalized spacial score (nSPS) is 32.5. The maximum absolute atomic E-state index is 13.1. The van der Waals surface area contributed by atoms with Gasteiger partial charge in [-0.2, -0.15) is 0 Å². The molecular formula is C33H42Na12O58S10. The fraction of sp³-hybridized carbons (Fsp3) is 0.939. The standard InChI is InChI=1S/C33H54O58S10.12Na/c1-70-14-11(35)29(83-21(27(36)37)17(14)81-31-23(88-98(58,59)60)15(85-95(49,50)51)10(34)7(76-31)4-73-92(40,41)42)79-12-9(6-75-94(46,47)48)78-32(26(91-101(67,68)69)20(12)87-97(55,56)57)82-18-16(71-2)24(89-99(61,62)63)33(84-22(18)28(38)39)80-13-8(5-74-93(43,44)45)77-30(72-3)25(90-100(64,65)66)19(13)86-96(52,53)54;;;;;;;;;;;;/h7-26,29-35H,4-6H2,1-3H3,(H,36,37)(H,38,39)(H,40,41,42)(H,43,44,45)(H,46,47,48)(H,49,50,51)(H,52,53,54)(H,55,56,57)(H,58,59,60)(H,61,62,63)(H,64,65,66)(H,67,68,69);;;;;;;;;;;;/q;12*+1/p-12/t7-,8-,9-,10-,11-,12-,13-,14-,15+,16+,17+,18+,19+,20+,21+,22-,23-,24-,25-,26-,29-,30+,31-,32-,33-;;;;;;;;;;;;/m1............/s1. The number of rotatable bonds is 36. The van der Waals surface area contributed by atoms with E-state index in [0.717, 1.165) is 0 Å². The van der Waals surface area contributed by atoms with Crippen LogP contribution < -0.4 is 365 Å². The summed E-state index contributed by atoms with van der Waals surface area (Å²) >= 11 is 0. The van der Waals surface area contributed by atoms with Crippen molar-refractivity contribution in [3.63, 3.8) is 0 Å². The van der Waals surface area contributed by atoms with Gasteiger partial charge < -0.3 is 132 Å². The first-order valence-electron chi connectivity index (χ1n) is 25.2. The quantitative estimate of drug-likeness (QED) is 0.0334. The summed E-state index contributed by atoms with van der Waals surface area (Å²) in [5.41, 5.74) is 0. The maximum Gasteiger partial charge on any atom is 1.00 e. The van der Waals surface area contributed by atoms with Crippen LogP contribution in [0.3, 0.4) is 0 Å². The zero-order chi connectivity index (χ0) is 77.3. The molecule has 5 aliphatic heterocycles. The molecule has 594 valence electrons. The molecule has 0 aromatic rings. The minimum Gasteiger partial charge on any atom is -0.726 e. The monoisotopic (exact) mass is 1960 g/mol. The van der Waals surface area contributed by atoms with E-state index in [1.807, 2.05) is 0 Å². The summed E-state index contributed by atoms with van der Waals surface area (Å²) in [6.45, 7) is -6.00. The second-order valence-electron chi connectivity index (χ2n) is 19.5. The second kappa shape index (κ2) is 57.0. The summed E-state index contributed by atoms with van der Waals surface area (Å²) in [6.07, 6.45) is -80.2. The number of aliphatic hydroxyl groups excluding tert-OH is 2. The first kappa shape index (κ1) is 138. The van der Waals surface area contributed by atoms with Crippen LogP contribution in [0.5, 0.6) is 0 Å². The molecule has 0 aromatic heterocycles. The fourth-order valence-corrected chi connectivity index (χ4v) is 13.9. The Morgan fingerprint density at radius 1 is 0.265 bits per heavy atom. The number of methoxy groups -OCH3 is 3. The van der Waals surface area contributed by atoms with Gasteiger partial charge in [0, 0.05) is 21.3 Å². The summed E-state index contributed by atoms with van der Waals surface area (Å²) < 4.78 is 463. The molecule has 2 N–H and O–H groups in total. The van der Waals surface area contributed by atoms with Crippen molar-refractivity contribution in [1.29, 1.82) is 0 Å². The van der Waals surface area contributed by atoms with Gasteiger partial charge >= 0.3 is 355 Å². The number of hydrogen-bond donors (Lipinski definition) is 2. The summed E-state index contributed by atoms with van der Waals surface area (Å²) in [5, 5.41) is 48.5. The van der Waals surface area contributed by atoms with Crippen LogP contribution in [0, 0.1) is 0 Å². The van der Waals surface area contributed by atoms with E-state index in [0.29, 0.717) is 14.2 Å². The molecule has 5 heterocycles. The number of ether oxygens (including phenoxy) is 12. The van der Waals surface area contributed by atoms with Gasteiger partial charge in [0.25, 0.3) is 0 Å². The van der Waals surface area contributed by atoms with Gasteiger partial charge in [0.1, 0.15) is 97.7 Å². The maximum atomic E-state index is 13.1. The van der Waals surface area contributed by atoms with Crippen LogP contribution in [-0.4, -0.2) is 347 Å². The first-order chi connectivity index (χ1) is 45.6. The number of hydrogen-bond acceptors (Lipinski definition) is 58. The Hall–Kier alpha value is 9.08. The number of carbonyl (C=O) groups is 2. The molecule has 25 atom stereocenters. The molecule has 5 rings (SSSR count). The van der Waals surface area contributed by atoms with Crippen LogP contribution in [0.1, 0.15) is 0 Å². The third-order valence-corrected chi connectivity index (χ3v) is 17.4.